The van der Waals surface area contributed by atoms with Gasteiger partial charge in [0.15, 0.2) is 5.78 Å². The van der Waals surface area contributed by atoms with E-state index in [1.54, 1.807) is 36.4 Å². The van der Waals surface area contributed by atoms with Gasteiger partial charge in [0, 0.05) is 11.1 Å². The highest BCUT2D eigenvalue weighted by Crippen LogP contribution is 2.11. The third kappa shape index (κ3) is 3.82. The van der Waals surface area contributed by atoms with Gasteiger partial charge < -0.3 is 0 Å². The van der Waals surface area contributed by atoms with Gasteiger partial charge in [0.1, 0.15) is 0 Å². The molecule has 0 spiro atoms. The number of carbonyl (C=O) groups is 1. The molecule has 0 radical (unpaired) electrons. The molecule has 1 atom stereocenters. The molecule has 5 heteroatoms. The van der Waals surface area contributed by atoms with E-state index >= 15 is 0 Å². The monoisotopic (exact) mass is 276 g/mol. The largest absolute Gasteiger partial charge is 0.302 e. The predicted molar refractivity (Wildman–Crippen MR) is 71.9 cm³/mol. The van der Waals surface area contributed by atoms with Crippen molar-refractivity contribution < 1.29 is 17.7 Å². The van der Waals surface area contributed by atoms with Crippen molar-refractivity contribution in [3.63, 3.8) is 0 Å². The number of ketones is 1. The molecule has 0 aliphatic heterocycles. The molecule has 0 aromatic heterocycles. The average molecular weight is 276 g/mol. The van der Waals surface area contributed by atoms with E-state index in [4.69, 9.17) is 4.55 Å². The Morgan fingerprint density at radius 1 is 1.00 bits per heavy atom. The summed E-state index contributed by atoms with van der Waals surface area (Å²) in [5.74, 6) is -0.0567. The minimum Gasteiger partial charge on any atom is -0.289 e. The van der Waals surface area contributed by atoms with Crippen LogP contribution in [0.5, 0.6) is 0 Å². The molecule has 0 saturated carbocycles. The highest BCUT2D eigenvalue weighted by Gasteiger charge is 2.08. The Labute approximate surface area is 113 Å². The number of rotatable bonds is 5. The summed E-state index contributed by atoms with van der Waals surface area (Å²) in [7, 11) is 0. The highest BCUT2D eigenvalue weighted by atomic mass is 32.2. The first kappa shape index (κ1) is 13.6. The molecule has 2 aromatic carbocycles. The zero-order valence-corrected chi connectivity index (χ0v) is 10.8. The Hall–Kier alpha value is -1.82. The first-order valence-electron chi connectivity index (χ1n) is 5.59. The van der Waals surface area contributed by atoms with Gasteiger partial charge in [-0.2, -0.15) is 4.21 Å². The van der Waals surface area contributed by atoms with E-state index in [1.165, 1.54) is 0 Å². The van der Waals surface area contributed by atoms with Gasteiger partial charge in [0.05, 0.1) is 6.61 Å². The zero-order valence-electron chi connectivity index (χ0n) is 9.98. The first-order valence-corrected chi connectivity index (χ1v) is 6.63. The molecule has 1 unspecified atom stereocenters. The molecular formula is C14H12O4S. The summed E-state index contributed by atoms with van der Waals surface area (Å²) in [5, 5.41) is 0. The Morgan fingerprint density at radius 3 is 2.16 bits per heavy atom. The van der Waals surface area contributed by atoms with Crippen LogP contribution in [0.25, 0.3) is 0 Å². The predicted octanol–water partition coefficient (Wildman–Crippen LogP) is 2.57. The van der Waals surface area contributed by atoms with Crippen LogP contribution < -0.4 is 0 Å². The fourth-order valence-electron chi connectivity index (χ4n) is 1.63. The summed E-state index contributed by atoms with van der Waals surface area (Å²) >= 11 is -2.28. The maximum absolute atomic E-state index is 12.1. The van der Waals surface area contributed by atoms with Crippen molar-refractivity contribution in [1.29, 1.82) is 0 Å². The van der Waals surface area contributed by atoms with Gasteiger partial charge in [-0.3, -0.25) is 13.5 Å². The second kappa shape index (κ2) is 6.38. The maximum atomic E-state index is 12.1. The molecule has 98 valence electrons. The highest BCUT2D eigenvalue weighted by molar-refractivity contribution is 7.74. The summed E-state index contributed by atoms with van der Waals surface area (Å²) < 4.78 is 23.4. The van der Waals surface area contributed by atoms with Gasteiger partial charge in [0.2, 0.25) is 0 Å². The molecule has 0 fully saturated rings. The van der Waals surface area contributed by atoms with Crippen LogP contribution in [0.15, 0.2) is 54.6 Å². The summed E-state index contributed by atoms with van der Waals surface area (Å²) in [4.78, 5) is 12.1. The van der Waals surface area contributed by atoms with E-state index in [-0.39, 0.29) is 12.4 Å². The van der Waals surface area contributed by atoms with Crippen LogP contribution in [0.3, 0.4) is 0 Å². The summed E-state index contributed by atoms with van der Waals surface area (Å²) in [6, 6.07) is 15.7. The van der Waals surface area contributed by atoms with Crippen molar-refractivity contribution in [1.82, 2.24) is 0 Å². The normalized spacial score (nSPS) is 12.1. The maximum Gasteiger partial charge on any atom is 0.302 e. The van der Waals surface area contributed by atoms with Crippen LogP contribution in [0.1, 0.15) is 21.5 Å². The number of carbonyl (C=O) groups excluding carboxylic acids is 1. The van der Waals surface area contributed by atoms with E-state index in [2.05, 4.69) is 4.18 Å². The third-order valence-electron chi connectivity index (χ3n) is 2.58. The van der Waals surface area contributed by atoms with Crippen LogP contribution in [0, 0.1) is 0 Å². The van der Waals surface area contributed by atoms with Crippen molar-refractivity contribution in [3.05, 3.63) is 71.3 Å². The minimum absolute atomic E-state index is 0.0307. The van der Waals surface area contributed by atoms with E-state index in [0.717, 1.165) is 5.56 Å². The van der Waals surface area contributed by atoms with E-state index in [9.17, 15) is 9.00 Å². The Morgan fingerprint density at radius 2 is 1.58 bits per heavy atom. The van der Waals surface area contributed by atoms with Crippen molar-refractivity contribution in [2.45, 2.75) is 6.61 Å². The van der Waals surface area contributed by atoms with Crippen molar-refractivity contribution in [3.8, 4) is 0 Å². The van der Waals surface area contributed by atoms with E-state index in [1.807, 2.05) is 18.2 Å². The Bertz CT molecular complexity index is 578. The second-order valence-electron chi connectivity index (χ2n) is 3.87. The standard InChI is InChI=1S/C14H12O4S/c15-14(12-4-2-1-3-5-12)13-8-6-11(7-9-13)10-18-19(16)17/h1-9H,10H2,(H,16,17). The van der Waals surface area contributed by atoms with Gasteiger partial charge >= 0.3 is 11.4 Å². The fraction of sp³-hybridized carbons (Fsp3) is 0.0714. The topological polar surface area (TPSA) is 63.6 Å². The molecular weight excluding hydrogens is 264 g/mol. The molecule has 4 nitrogen and oxygen atoms in total. The van der Waals surface area contributed by atoms with E-state index < -0.39 is 11.4 Å². The molecule has 0 heterocycles. The number of hydrogen-bond donors (Lipinski definition) is 1. The van der Waals surface area contributed by atoms with Crippen LogP contribution in [0.2, 0.25) is 0 Å². The van der Waals surface area contributed by atoms with Crippen LogP contribution in [-0.2, 0) is 22.2 Å². The molecule has 1 N–H and O–H groups in total. The Balaban J connectivity index is 2.10. The van der Waals surface area contributed by atoms with Gasteiger partial charge in [-0.1, -0.05) is 54.6 Å². The molecule has 0 amide bonds. The van der Waals surface area contributed by atoms with Gasteiger partial charge in [-0.25, -0.2) is 0 Å². The lowest BCUT2D eigenvalue weighted by atomic mass is 10.0. The molecule has 2 rings (SSSR count). The molecule has 19 heavy (non-hydrogen) atoms. The van der Waals surface area contributed by atoms with Crippen LogP contribution in [-0.4, -0.2) is 14.5 Å². The zero-order chi connectivity index (χ0) is 13.7. The smallest absolute Gasteiger partial charge is 0.289 e. The third-order valence-corrected chi connectivity index (χ3v) is 2.90. The Kier molecular flexibility index (Phi) is 4.57. The van der Waals surface area contributed by atoms with Gasteiger partial charge in [0.25, 0.3) is 0 Å². The van der Waals surface area contributed by atoms with E-state index in [0.29, 0.717) is 11.1 Å². The lowest BCUT2D eigenvalue weighted by Crippen LogP contribution is -2.01. The number of benzene rings is 2. The van der Waals surface area contributed by atoms with Crippen molar-refractivity contribution in [2.24, 2.45) is 0 Å². The SMILES string of the molecule is O=C(c1ccccc1)c1ccc(COS(=O)O)cc1. The van der Waals surface area contributed by atoms with Gasteiger partial charge in [-0.05, 0) is 5.56 Å². The van der Waals surface area contributed by atoms with Crippen molar-refractivity contribution in [2.75, 3.05) is 0 Å². The summed E-state index contributed by atoms with van der Waals surface area (Å²) in [5.41, 5.74) is 1.93. The lowest BCUT2D eigenvalue weighted by Gasteiger charge is -2.03. The average Bonchev–Trinajstić information content (AvgIpc) is 2.46. The molecule has 0 aliphatic carbocycles. The molecule has 0 saturated heterocycles. The first-order chi connectivity index (χ1) is 9.16. The second-order valence-corrected chi connectivity index (χ2v) is 4.54. The fourth-order valence-corrected chi connectivity index (χ4v) is 1.86. The van der Waals surface area contributed by atoms with Crippen LogP contribution >= 0.6 is 0 Å². The minimum atomic E-state index is -2.28. The van der Waals surface area contributed by atoms with Gasteiger partial charge in [-0.15, -0.1) is 0 Å². The number of hydrogen-bond acceptors (Lipinski definition) is 3. The molecule has 0 bridgehead atoms. The van der Waals surface area contributed by atoms with Crippen LogP contribution in [0.4, 0.5) is 0 Å². The molecule has 0 aliphatic rings. The lowest BCUT2D eigenvalue weighted by molar-refractivity contribution is 0.103. The quantitative estimate of drug-likeness (QED) is 0.673. The van der Waals surface area contributed by atoms with Crippen molar-refractivity contribution >= 4 is 17.1 Å². The molecule has 2 aromatic rings. The summed E-state index contributed by atoms with van der Waals surface area (Å²) in [6.07, 6.45) is 0. The summed E-state index contributed by atoms with van der Waals surface area (Å²) in [6.45, 7) is 0.0307.